The van der Waals surface area contributed by atoms with E-state index in [1.165, 1.54) is 0 Å². The second kappa shape index (κ2) is 5.83. The van der Waals surface area contributed by atoms with Gasteiger partial charge in [0.05, 0.1) is 11.3 Å². The molecule has 1 aliphatic rings. The lowest BCUT2D eigenvalue weighted by atomic mass is 10.0. The molecule has 0 aliphatic carbocycles. The molecular formula is C18H12ClF2NO2. The van der Waals surface area contributed by atoms with Gasteiger partial charge in [0, 0.05) is 6.07 Å². The number of nitrogens with zero attached hydrogens (tertiary/aromatic N) is 1. The molecule has 1 aliphatic heterocycles. The first-order valence-electron chi connectivity index (χ1n) is 7.12. The number of rotatable bonds is 2. The van der Waals surface area contributed by atoms with Crippen molar-refractivity contribution in [1.82, 2.24) is 0 Å². The van der Waals surface area contributed by atoms with E-state index in [0.29, 0.717) is 5.56 Å². The summed E-state index contributed by atoms with van der Waals surface area (Å²) in [5.74, 6) is -3.64. The third-order valence-corrected chi connectivity index (χ3v) is 4.33. The average molecular weight is 348 g/mol. The number of benzene rings is 2. The Bertz CT molecular complexity index is 921. The third-order valence-electron chi connectivity index (χ3n) is 3.98. The maximum absolute atomic E-state index is 13.4. The van der Waals surface area contributed by atoms with Crippen LogP contribution in [0.25, 0.3) is 5.57 Å². The fourth-order valence-electron chi connectivity index (χ4n) is 2.51. The number of amides is 2. The van der Waals surface area contributed by atoms with Gasteiger partial charge in [0.25, 0.3) is 11.8 Å². The van der Waals surface area contributed by atoms with E-state index in [0.717, 1.165) is 34.2 Å². The van der Waals surface area contributed by atoms with Crippen LogP contribution in [0.4, 0.5) is 14.5 Å². The highest BCUT2D eigenvalue weighted by molar-refractivity contribution is 6.60. The second-order valence-corrected chi connectivity index (χ2v) is 5.91. The highest BCUT2D eigenvalue weighted by Crippen LogP contribution is 2.35. The van der Waals surface area contributed by atoms with Gasteiger partial charge < -0.3 is 0 Å². The lowest BCUT2D eigenvalue weighted by Gasteiger charge is -2.15. The topological polar surface area (TPSA) is 37.4 Å². The fourth-order valence-corrected chi connectivity index (χ4v) is 2.78. The SMILES string of the molecule is Cc1ccc(C2=C(Cl)C(=O)N(c3ccc(F)c(F)c3)C2=O)cc1C. The first kappa shape index (κ1) is 16.3. The van der Waals surface area contributed by atoms with Crippen LogP contribution in [-0.4, -0.2) is 11.8 Å². The van der Waals surface area contributed by atoms with Gasteiger partial charge in [-0.2, -0.15) is 0 Å². The summed E-state index contributed by atoms with van der Waals surface area (Å²) in [6.45, 7) is 3.80. The van der Waals surface area contributed by atoms with E-state index >= 15 is 0 Å². The number of aryl methyl sites for hydroxylation is 2. The molecule has 0 N–H and O–H groups in total. The van der Waals surface area contributed by atoms with Gasteiger partial charge >= 0.3 is 0 Å². The maximum Gasteiger partial charge on any atom is 0.277 e. The highest BCUT2D eigenvalue weighted by Gasteiger charge is 2.39. The van der Waals surface area contributed by atoms with Crippen molar-refractivity contribution in [3.63, 3.8) is 0 Å². The van der Waals surface area contributed by atoms with Gasteiger partial charge in [0.15, 0.2) is 11.6 Å². The minimum absolute atomic E-state index is 0.0505. The molecule has 2 amide bonds. The maximum atomic E-state index is 13.4. The zero-order valence-electron chi connectivity index (χ0n) is 12.9. The van der Waals surface area contributed by atoms with E-state index in [9.17, 15) is 18.4 Å². The molecule has 1 heterocycles. The zero-order valence-corrected chi connectivity index (χ0v) is 13.6. The van der Waals surface area contributed by atoms with Gasteiger partial charge in [-0.15, -0.1) is 0 Å². The Kier molecular flexibility index (Phi) is 3.97. The minimum atomic E-state index is -1.15. The quantitative estimate of drug-likeness (QED) is 0.767. The van der Waals surface area contributed by atoms with Crippen LogP contribution < -0.4 is 4.90 Å². The predicted octanol–water partition coefficient (Wildman–Crippen LogP) is 4.10. The van der Waals surface area contributed by atoms with Gasteiger partial charge in [-0.3, -0.25) is 9.59 Å². The van der Waals surface area contributed by atoms with E-state index in [-0.39, 0.29) is 16.3 Å². The summed E-state index contributed by atoms with van der Waals surface area (Å²) in [6, 6.07) is 8.07. The predicted molar refractivity (Wildman–Crippen MR) is 87.5 cm³/mol. The van der Waals surface area contributed by atoms with Gasteiger partial charge in [0.1, 0.15) is 5.03 Å². The van der Waals surface area contributed by atoms with E-state index in [4.69, 9.17) is 11.6 Å². The fraction of sp³-hybridized carbons (Fsp3) is 0.111. The molecule has 0 unspecified atom stereocenters. The number of carbonyl (C=O) groups excluding carboxylic acids is 2. The van der Waals surface area contributed by atoms with Gasteiger partial charge in [-0.1, -0.05) is 29.8 Å². The van der Waals surface area contributed by atoms with Gasteiger partial charge in [-0.25, -0.2) is 13.7 Å². The molecule has 0 radical (unpaired) electrons. The third kappa shape index (κ3) is 2.51. The van der Waals surface area contributed by atoms with Crippen LogP contribution in [0.2, 0.25) is 0 Å². The van der Waals surface area contributed by atoms with Crippen LogP contribution in [0, 0.1) is 25.5 Å². The second-order valence-electron chi connectivity index (χ2n) is 5.53. The lowest BCUT2D eigenvalue weighted by Crippen LogP contribution is -2.31. The molecule has 0 saturated carbocycles. The van der Waals surface area contributed by atoms with Crippen molar-refractivity contribution >= 4 is 34.7 Å². The molecule has 2 aromatic carbocycles. The summed E-state index contributed by atoms with van der Waals surface area (Å²) >= 11 is 6.07. The largest absolute Gasteiger partial charge is 0.277 e. The molecule has 122 valence electrons. The van der Waals surface area contributed by atoms with Crippen molar-refractivity contribution in [3.8, 4) is 0 Å². The normalized spacial score (nSPS) is 14.8. The molecule has 0 bridgehead atoms. The van der Waals surface area contributed by atoms with Crippen LogP contribution in [0.5, 0.6) is 0 Å². The summed E-state index contributed by atoms with van der Waals surface area (Å²) in [5.41, 5.74) is 2.46. The average Bonchev–Trinajstić information content (AvgIpc) is 2.75. The van der Waals surface area contributed by atoms with E-state index in [1.807, 2.05) is 19.9 Å². The Morgan fingerprint density at radius 1 is 0.875 bits per heavy atom. The van der Waals surface area contributed by atoms with E-state index < -0.39 is 23.4 Å². The van der Waals surface area contributed by atoms with Crippen molar-refractivity contribution in [2.75, 3.05) is 4.90 Å². The molecule has 3 rings (SSSR count). The Labute approximate surface area is 142 Å². The van der Waals surface area contributed by atoms with Crippen molar-refractivity contribution in [2.24, 2.45) is 0 Å². The first-order valence-corrected chi connectivity index (χ1v) is 7.50. The van der Waals surface area contributed by atoms with Crippen molar-refractivity contribution in [2.45, 2.75) is 13.8 Å². The number of imide groups is 1. The molecule has 0 saturated heterocycles. The van der Waals surface area contributed by atoms with Crippen molar-refractivity contribution in [1.29, 1.82) is 0 Å². The molecule has 6 heteroatoms. The molecule has 0 aromatic heterocycles. The van der Waals surface area contributed by atoms with E-state index in [2.05, 4.69) is 0 Å². The van der Waals surface area contributed by atoms with Crippen LogP contribution >= 0.6 is 11.6 Å². The molecule has 0 atom stereocenters. The monoisotopic (exact) mass is 347 g/mol. The summed E-state index contributed by atoms with van der Waals surface area (Å²) < 4.78 is 26.5. The molecule has 24 heavy (non-hydrogen) atoms. The smallest absolute Gasteiger partial charge is 0.268 e. The number of hydrogen-bond donors (Lipinski definition) is 0. The van der Waals surface area contributed by atoms with Crippen LogP contribution in [-0.2, 0) is 9.59 Å². The van der Waals surface area contributed by atoms with Gasteiger partial charge in [0.2, 0.25) is 0 Å². The van der Waals surface area contributed by atoms with E-state index in [1.54, 1.807) is 12.1 Å². The molecular weight excluding hydrogens is 336 g/mol. The summed E-state index contributed by atoms with van der Waals surface area (Å²) in [4.78, 5) is 25.8. The lowest BCUT2D eigenvalue weighted by molar-refractivity contribution is -0.119. The number of halogens is 3. The summed E-state index contributed by atoms with van der Waals surface area (Å²) in [7, 11) is 0. The Hall–Kier alpha value is -2.53. The molecule has 3 nitrogen and oxygen atoms in total. The molecule has 2 aromatic rings. The van der Waals surface area contributed by atoms with Gasteiger partial charge in [-0.05, 0) is 42.7 Å². The zero-order chi connectivity index (χ0) is 17.6. The first-order chi connectivity index (χ1) is 11.3. The van der Waals surface area contributed by atoms with Crippen LogP contribution in [0.3, 0.4) is 0 Å². The number of hydrogen-bond acceptors (Lipinski definition) is 2. The van der Waals surface area contributed by atoms with Crippen LogP contribution in [0.1, 0.15) is 16.7 Å². The van der Waals surface area contributed by atoms with Crippen molar-refractivity contribution in [3.05, 3.63) is 69.8 Å². The standard InChI is InChI=1S/C18H12ClF2NO2/c1-9-3-4-11(7-10(9)2)15-16(19)18(24)22(17(15)23)12-5-6-13(20)14(21)8-12/h3-8H,1-2H3. The Balaban J connectivity index is 2.07. The van der Waals surface area contributed by atoms with Crippen LogP contribution in [0.15, 0.2) is 41.4 Å². The molecule has 0 spiro atoms. The summed E-state index contributed by atoms with van der Waals surface area (Å²) in [6.07, 6.45) is 0. The number of carbonyl (C=O) groups is 2. The Morgan fingerprint density at radius 3 is 2.21 bits per heavy atom. The molecule has 0 fully saturated rings. The minimum Gasteiger partial charge on any atom is -0.268 e. The Morgan fingerprint density at radius 2 is 1.58 bits per heavy atom. The number of anilines is 1. The summed E-state index contributed by atoms with van der Waals surface area (Å²) in [5, 5.41) is -0.243. The highest BCUT2D eigenvalue weighted by atomic mass is 35.5. The van der Waals surface area contributed by atoms with Crippen molar-refractivity contribution < 1.29 is 18.4 Å².